The monoisotopic (exact) mass is 483 g/mol. The normalized spacial score (nSPS) is 20.7. The smallest absolute Gasteiger partial charge is 0.324 e. The van der Waals surface area contributed by atoms with Crippen LogP contribution in [0.15, 0.2) is 22.7 Å². The number of ether oxygens (including phenoxy) is 2. The van der Waals surface area contributed by atoms with Crippen molar-refractivity contribution >= 4 is 11.9 Å². The molecule has 0 spiro atoms. The van der Waals surface area contributed by atoms with Gasteiger partial charge in [-0.3, -0.25) is 9.69 Å². The molecule has 5 rings (SSSR count). The topological polar surface area (TPSA) is 84.2 Å². The number of amides is 1. The van der Waals surface area contributed by atoms with Crippen LogP contribution in [0.2, 0.25) is 0 Å². The van der Waals surface area contributed by atoms with Gasteiger partial charge in [0.15, 0.2) is 11.5 Å². The van der Waals surface area contributed by atoms with Gasteiger partial charge in [0.05, 0.1) is 14.2 Å². The summed E-state index contributed by atoms with van der Waals surface area (Å²) >= 11 is 0. The number of piperidine rings is 1. The van der Waals surface area contributed by atoms with Gasteiger partial charge in [0.25, 0.3) is 0 Å². The van der Waals surface area contributed by atoms with E-state index in [0.29, 0.717) is 29.2 Å². The first-order valence-electron chi connectivity index (χ1n) is 13.0. The van der Waals surface area contributed by atoms with Crippen LogP contribution in [0, 0.1) is 5.92 Å². The Hall–Kier alpha value is -2.81. The summed E-state index contributed by atoms with van der Waals surface area (Å²) in [5, 5.41) is 4.16. The van der Waals surface area contributed by atoms with Crippen LogP contribution < -0.4 is 14.4 Å². The molecule has 1 aromatic heterocycles. The predicted octanol–water partition coefficient (Wildman–Crippen LogP) is 3.45. The van der Waals surface area contributed by atoms with Crippen molar-refractivity contribution in [2.75, 3.05) is 58.4 Å². The molecule has 1 aliphatic carbocycles. The van der Waals surface area contributed by atoms with Gasteiger partial charge in [-0.1, -0.05) is 24.4 Å². The van der Waals surface area contributed by atoms with E-state index in [1.54, 1.807) is 14.2 Å². The summed E-state index contributed by atoms with van der Waals surface area (Å²) in [6.45, 7) is 5.27. The fourth-order valence-electron chi connectivity index (χ4n) is 5.77. The number of hydrogen-bond donors (Lipinski definition) is 0. The number of carbonyl (C=O) groups is 1. The van der Waals surface area contributed by atoms with Gasteiger partial charge < -0.3 is 23.8 Å². The van der Waals surface area contributed by atoms with Crippen molar-refractivity contribution in [2.45, 2.75) is 51.0 Å². The molecule has 190 valence electrons. The van der Waals surface area contributed by atoms with Crippen molar-refractivity contribution in [3.05, 3.63) is 18.2 Å². The van der Waals surface area contributed by atoms with Gasteiger partial charge in [-0.05, 0) is 43.9 Å². The lowest BCUT2D eigenvalue weighted by Crippen LogP contribution is -2.54. The number of rotatable bonds is 6. The first-order valence-corrected chi connectivity index (χ1v) is 13.0. The van der Waals surface area contributed by atoms with Crippen LogP contribution in [0.3, 0.4) is 0 Å². The average molecular weight is 484 g/mol. The van der Waals surface area contributed by atoms with Crippen molar-refractivity contribution in [2.24, 2.45) is 5.92 Å². The number of piperazine rings is 1. The average Bonchev–Trinajstić information content (AvgIpc) is 3.43. The number of benzene rings is 1. The molecule has 9 nitrogen and oxygen atoms in total. The molecule has 2 aromatic rings. The summed E-state index contributed by atoms with van der Waals surface area (Å²) in [7, 11) is 3.21. The van der Waals surface area contributed by atoms with Crippen LogP contribution in [-0.2, 0) is 4.79 Å². The number of aromatic nitrogens is 2. The number of hydrogen-bond acceptors (Lipinski definition) is 8. The molecule has 0 atom stereocenters. The van der Waals surface area contributed by atoms with Crippen LogP contribution in [-0.4, -0.2) is 85.4 Å². The lowest BCUT2D eigenvalue weighted by molar-refractivity contribution is -0.138. The van der Waals surface area contributed by atoms with E-state index in [1.807, 2.05) is 18.2 Å². The summed E-state index contributed by atoms with van der Waals surface area (Å²) in [5.74, 6) is 2.19. The van der Waals surface area contributed by atoms with Gasteiger partial charge >= 0.3 is 6.01 Å². The van der Waals surface area contributed by atoms with Gasteiger partial charge in [0.1, 0.15) is 0 Å². The standard InChI is InChI=1S/C26H37N5O4/c1-33-22-9-8-20(18-23(22)34-2)24-27-26(35-28-24)31-12-10-19(11-13-31)25(32)30-16-14-29(15-17-30)21-6-4-3-5-7-21/h8-9,18-19,21H,3-7,10-17H2,1-2H3. The minimum atomic E-state index is 0.0840. The second-order valence-electron chi connectivity index (χ2n) is 9.88. The zero-order chi connectivity index (χ0) is 24.2. The van der Waals surface area contributed by atoms with Crippen molar-refractivity contribution in [1.82, 2.24) is 19.9 Å². The van der Waals surface area contributed by atoms with Crippen LogP contribution in [0.4, 0.5) is 6.01 Å². The summed E-state index contributed by atoms with van der Waals surface area (Å²) in [6.07, 6.45) is 8.39. The fraction of sp³-hybridized carbons (Fsp3) is 0.654. The molecular formula is C26H37N5O4. The van der Waals surface area contributed by atoms with E-state index in [0.717, 1.165) is 63.7 Å². The molecule has 2 saturated heterocycles. The van der Waals surface area contributed by atoms with E-state index in [1.165, 1.54) is 32.1 Å². The highest BCUT2D eigenvalue weighted by molar-refractivity contribution is 5.79. The van der Waals surface area contributed by atoms with Gasteiger partial charge in [-0.15, -0.1) is 0 Å². The van der Waals surface area contributed by atoms with Crippen molar-refractivity contribution in [1.29, 1.82) is 0 Å². The van der Waals surface area contributed by atoms with Crippen LogP contribution >= 0.6 is 0 Å². The molecule has 1 amide bonds. The van der Waals surface area contributed by atoms with E-state index < -0.39 is 0 Å². The number of nitrogens with zero attached hydrogens (tertiary/aromatic N) is 5. The second kappa shape index (κ2) is 10.8. The van der Waals surface area contributed by atoms with E-state index in [-0.39, 0.29) is 5.92 Å². The van der Waals surface area contributed by atoms with E-state index in [9.17, 15) is 4.79 Å². The maximum absolute atomic E-state index is 13.2. The first-order chi connectivity index (χ1) is 17.2. The van der Waals surface area contributed by atoms with Crippen LogP contribution in [0.1, 0.15) is 44.9 Å². The molecule has 1 saturated carbocycles. The maximum Gasteiger partial charge on any atom is 0.324 e. The molecule has 0 N–H and O–H groups in total. The molecule has 0 bridgehead atoms. The second-order valence-corrected chi connectivity index (χ2v) is 9.88. The minimum absolute atomic E-state index is 0.0840. The molecule has 3 aliphatic rings. The SMILES string of the molecule is COc1ccc(-c2noc(N3CCC(C(=O)N4CCN(C5CCCCC5)CC4)CC3)n2)cc1OC. The Morgan fingerprint density at radius 3 is 2.31 bits per heavy atom. The first kappa shape index (κ1) is 23.9. The Kier molecular flexibility index (Phi) is 7.41. The lowest BCUT2D eigenvalue weighted by Gasteiger charge is -2.42. The van der Waals surface area contributed by atoms with Crippen molar-refractivity contribution in [3.8, 4) is 22.9 Å². The molecule has 0 radical (unpaired) electrons. The van der Waals surface area contributed by atoms with Crippen LogP contribution in [0.25, 0.3) is 11.4 Å². The van der Waals surface area contributed by atoms with Gasteiger partial charge in [0, 0.05) is 56.8 Å². The predicted molar refractivity (Wildman–Crippen MR) is 133 cm³/mol. The number of anilines is 1. The highest BCUT2D eigenvalue weighted by atomic mass is 16.5. The molecule has 3 fully saturated rings. The molecule has 1 aromatic carbocycles. The zero-order valence-electron chi connectivity index (χ0n) is 20.9. The molecular weight excluding hydrogens is 446 g/mol. The summed E-state index contributed by atoms with van der Waals surface area (Å²) in [4.78, 5) is 24.6. The van der Waals surface area contributed by atoms with E-state index in [4.69, 9.17) is 14.0 Å². The third kappa shape index (κ3) is 5.24. The third-order valence-corrected chi connectivity index (χ3v) is 7.89. The molecule has 2 aliphatic heterocycles. The highest BCUT2D eigenvalue weighted by Gasteiger charge is 2.33. The summed E-state index contributed by atoms with van der Waals surface area (Å²) < 4.78 is 16.2. The summed E-state index contributed by atoms with van der Waals surface area (Å²) in [5.41, 5.74) is 0.801. The van der Waals surface area contributed by atoms with E-state index in [2.05, 4.69) is 24.8 Å². The maximum atomic E-state index is 13.2. The molecule has 9 heteroatoms. The Morgan fingerprint density at radius 1 is 0.914 bits per heavy atom. The fourth-order valence-corrected chi connectivity index (χ4v) is 5.77. The number of carbonyl (C=O) groups excluding carboxylic acids is 1. The number of methoxy groups -OCH3 is 2. The molecule has 35 heavy (non-hydrogen) atoms. The summed E-state index contributed by atoms with van der Waals surface area (Å²) in [6, 6.07) is 6.79. The van der Waals surface area contributed by atoms with Gasteiger partial charge in [-0.25, -0.2) is 0 Å². The molecule has 3 heterocycles. The van der Waals surface area contributed by atoms with Crippen molar-refractivity contribution < 1.29 is 18.8 Å². The lowest BCUT2D eigenvalue weighted by atomic mass is 9.93. The Balaban J connectivity index is 1.13. The van der Waals surface area contributed by atoms with Crippen LogP contribution in [0.5, 0.6) is 11.5 Å². The quantitative estimate of drug-likeness (QED) is 0.618. The third-order valence-electron chi connectivity index (χ3n) is 7.89. The van der Waals surface area contributed by atoms with Gasteiger partial charge in [-0.2, -0.15) is 4.98 Å². The Bertz CT molecular complexity index is 989. The molecule has 0 unspecified atom stereocenters. The minimum Gasteiger partial charge on any atom is -0.493 e. The van der Waals surface area contributed by atoms with Gasteiger partial charge in [0.2, 0.25) is 11.7 Å². The zero-order valence-corrected chi connectivity index (χ0v) is 20.9. The Morgan fingerprint density at radius 2 is 1.63 bits per heavy atom. The van der Waals surface area contributed by atoms with Crippen molar-refractivity contribution in [3.63, 3.8) is 0 Å². The van der Waals surface area contributed by atoms with E-state index >= 15 is 0 Å². The Labute approximate surface area is 207 Å². The highest BCUT2D eigenvalue weighted by Crippen LogP contribution is 2.32. The largest absolute Gasteiger partial charge is 0.493 e.